The maximum Gasteiger partial charge on any atom is 0.163 e. The number of allylic oxidation sites excluding steroid dienone is 4. The van der Waals surface area contributed by atoms with Crippen LogP contribution in [0, 0.1) is 5.92 Å². The van der Waals surface area contributed by atoms with E-state index in [1.165, 1.54) is 19.8 Å². The lowest BCUT2D eigenvalue weighted by Crippen LogP contribution is -2.06. The summed E-state index contributed by atoms with van der Waals surface area (Å²) in [7, 11) is 0. The van der Waals surface area contributed by atoms with Gasteiger partial charge in [0.1, 0.15) is 5.76 Å². The highest BCUT2D eigenvalue weighted by molar-refractivity contribution is 6.03. The Bertz CT molecular complexity index is 718. The van der Waals surface area contributed by atoms with Gasteiger partial charge in [-0.15, -0.1) is 0 Å². The molecule has 3 heteroatoms. The number of benzene rings is 1. The molecule has 0 atom stereocenters. The van der Waals surface area contributed by atoms with Crippen LogP contribution in [0.3, 0.4) is 0 Å². The Hall–Kier alpha value is -2.42. The van der Waals surface area contributed by atoms with Crippen molar-refractivity contribution in [2.24, 2.45) is 5.92 Å². The number of hydrogen-bond acceptors (Lipinski definition) is 3. The maximum absolute atomic E-state index is 12.0. The minimum atomic E-state index is -0.101. The lowest BCUT2D eigenvalue weighted by Gasteiger charge is -2.13. The van der Waals surface area contributed by atoms with E-state index in [-0.39, 0.29) is 11.6 Å². The second-order valence-corrected chi connectivity index (χ2v) is 6.14. The molecule has 0 aromatic heterocycles. The normalized spacial score (nSPS) is 15.1. The highest BCUT2D eigenvalue weighted by Crippen LogP contribution is 2.31. The molecule has 0 radical (unpaired) electrons. The zero-order chi connectivity index (χ0) is 17.7. The van der Waals surface area contributed by atoms with E-state index in [1.807, 2.05) is 31.2 Å². The standard InChI is InChI=1S/C21H24O3/c1-5-18(20-9-7-6-8-19(20)14(2)22)12-21(15(3)23)16(4)24-13-17-10-11-17/h5-9,12,17H,4,10-11,13H2,1-3H3. The van der Waals surface area contributed by atoms with Crippen LogP contribution in [0.1, 0.15) is 49.5 Å². The number of ether oxygens (including phenoxy) is 1. The molecule has 0 saturated heterocycles. The van der Waals surface area contributed by atoms with Gasteiger partial charge < -0.3 is 4.74 Å². The highest BCUT2D eigenvalue weighted by atomic mass is 16.5. The average Bonchev–Trinajstić information content (AvgIpc) is 3.37. The predicted octanol–water partition coefficient (Wildman–Crippen LogP) is 4.75. The zero-order valence-corrected chi connectivity index (χ0v) is 14.6. The van der Waals surface area contributed by atoms with Crippen molar-refractivity contribution >= 4 is 17.1 Å². The van der Waals surface area contributed by atoms with Crippen LogP contribution in [-0.4, -0.2) is 18.2 Å². The van der Waals surface area contributed by atoms with Crippen molar-refractivity contribution < 1.29 is 14.3 Å². The van der Waals surface area contributed by atoms with Gasteiger partial charge in [-0.05, 0) is 56.7 Å². The maximum atomic E-state index is 12.0. The molecule has 1 saturated carbocycles. The van der Waals surface area contributed by atoms with Gasteiger partial charge in [0.15, 0.2) is 11.6 Å². The van der Waals surface area contributed by atoms with Gasteiger partial charge in [0.05, 0.1) is 12.2 Å². The Labute approximate surface area is 143 Å². The molecule has 0 bridgehead atoms. The summed E-state index contributed by atoms with van der Waals surface area (Å²) in [5.41, 5.74) is 2.69. The first-order valence-corrected chi connectivity index (χ1v) is 8.25. The molecule has 126 valence electrons. The lowest BCUT2D eigenvalue weighted by molar-refractivity contribution is -0.113. The average molecular weight is 324 g/mol. The van der Waals surface area contributed by atoms with Crippen LogP contribution in [0.25, 0.3) is 5.57 Å². The molecule has 0 amide bonds. The van der Waals surface area contributed by atoms with Gasteiger partial charge in [-0.25, -0.2) is 0 Å². The first-order chi connectivity index (χ1) is 11.4. The van der Waals surface area contributed by atoms with Crippen LogP contribution in [0.2, 0.25) is 0 Å². The fourth-order valence-corrected chi connectivity index (χ4v) is 2.47. The zero-order valence-electron chi connectivity index (χ0n) is 14.6. The summed E-state index contributed by atoms with van der Waals surface area (Å²) >= 11 is 0. The van der Waals surface area contributed by atoms with Crippen LogP contribution in [0.4, 0.5) is 0 Å². The van der Waals surface area contributed by atoms with Crippen LogP contribution in [0.5, 0.6) is 0 Å². The molecular formula is C21H24O3. The molecule has 0 N–H and O–H groups in total. The summed E-state index contributed by atoms with van der Waals surface area (Å²) in [5, 5.41) is 0. The van der Waals surface area contributed by atoms with E-state index in [2.05, 4.69) is 6.58 Å². The number of hydrogen-bond donors (Lipinski definition) is 0. The first kappa shape index (κ1) is 17.9. The second kappa shape index (κ2) is 7.91. The molecule has 0 aliphatic heterocycles. The smallest absolute Gasteiger partial charge is 0.163 e. The third kappa shape index (κ3) is 4.54. The summed E-state index contributed by atoms with van der Waals surface area (Å²) < 4.78 is 5.67. The van der Waals surface area contributed by atoms with Crippen LogP contribution in [0.15, 0.2) is 54.3 Å². The van der Waals surface area contributed by atoms with E-state index in [0.29, 0.717) is 29.4 Å². The van der Waals surface area contributed by atoms with Gasteiger partial charge in [-0.1, -0.05) is 36.9 Å². The van der Waals surface area contributed by atoms with Gasteiger partial charge in [0.2, 0.25) is 0 Å². The molecule has 24 heavy (non-hydrogen) atoms. The predicted molar refractivity (Wildman–Crippen MR) is 96.7 cm³/mol. The van der Waals surface area contributed by atoms with Gasteiger partial charge in [0.25, 0.3) is 0 Å². The molecule has 3 nitrogen and oxygen atoms in total. The largest absolute Gasteiger partial charge is 0.493 e. The second-order valence-electron chi connectivity index (χ2n) is 6.14. The highest BCUT2D eigenvalue weighted by Gasteiger charge is 2.23. The topological polar surface area (TPSA) is 43.4 Å². The number of carbonyl (C=O) groups excluding carboxylic acids is 2. The number of rotatable bonds is 8. The van der Waals surface area contributed by atoms with E-state index in [9.17, 15) is 9.59 Å². The van der Waals surface area contributed by atoms with Crippen LogP contribution >= 0.6 is 0 Å². The van der Waals surface area contributed by atoms with Crippen molar-refractivity contribution in [3.63, 3.8) is 0 Å². The Kier molecular flexibility index (Phi) is 5.91. The summed E-state index contributed by atoms with van der Waals surface area (Å²) in [6.45, 7) is 9.44. The Morgan fingerprint density at radius 3 is 2.33 bits per heavy atom. The minimum Gasteiger partial charge on any atom is -0.493 e. The SMILES string of the molecule is C=C(OCC1CC1)C(=CC(=CC)c1ccccc1C(C)=O)C(C)=O. The van der Waals surface area contributed by atoms with Crippen molar-refractivity contribution in [2.45, 2.75) is 33.6 Å². The molecule has 0 spiro atoms. The molecule has 1 aromatic rings. The van der Waals surface area contributed by atoms with Gasteiger partial charge in [-0.2, -0.15) is 0 Å². The molecule has 2 rings (SSSR count). The van der Waals surface area contributed by atoms with E-state index in [1.54, 1.807) is 19.1 Å². The third-order valence-corrected chi connectivity index (χ3v) is 4.10. The summed E-state index contributed by atoms with van der Waals surface area (Å²) in [6.07, 6.45) is 6.01. The quantitative estimate of drug-likeness (QED) is 0.300. The van der Waals surface area contributed by atoms with Gasteiger partial charge in [-0.3, -0.25) is 9.59 Å². The molecule has 1 aliphatic rings. The Balaban J connectivity index is 2.33. The number of ketones is 2. The van der Waals surface area contributed by atoms with Crippen molar-refractivity contribution in [3.8, 4) is 0 Å². The van der Waals surface area contributed by atoms with Crippen LogP contribution in [-0.2, 0) is 9.53 Å². The van der Waals surface area contributed by atoms with Gasteiger partial charge >= 0.3 is 0 Å². The summed E-state index contributed by atoms with van der Waals surface area (Å²) in [5.74, 6) is 0.880. The van der Waals surface area contributed by atoms with Crippen LogP contribution < -0.4 is 0 Å². The van der Waals surface area contributed by atoms with Crippen molar-refractivity contribution in [1.82, 2.24) is 0 Å². The van der Waals surface area contributed by atoms with Crippen molar-refractivity contribution in [3.05, 3.63) is 65.5 Å². The molecule has 1 aromatic carbocycles. The molecule has 0 unspecified atom stereocenters. The molecule has 1 fully saturated rings. The third-order valence-electron chi connectivity index (χ3n) is 4.10. The van der Waals surface area contributed by atoms with E-state index >= 15 is 0 Å². The fraction of sp³-hybridized carbons (Fsp3) is 0.333. The lowest BCUT2D eigenvalue weighted by atomic mass is 9.94. The summed E-state index contributed by atoms with van der Waals surface area (Å²) in [6, 6.07) is 7.39. The first-order valence-electron chi connectivity index (χ1n) is 8.25. The number of carbonyl (C=O) groups is 2. The summed E-state index contributed by atoms with van der Waals surface area (Å²) in [4.78, 5) is 23.9. The van der Waals surface area contributed by atoms with E-state index < -0.39 is 0 Å². The minimum absolute atomic E-state index is 0.00784. The van der Waals surface area contributed by atoms with E-state index in [4.69, 9.17) is 4.74 Å². The molecular weight excluding hydrogens is 300 g/mol. The Morgan fingerprint density at radius 1 is 1.21 bits per heavy atom. The number of Topliss-reactive ketones (excluding diaryl/α,β-unsaturated/α-hetero) is 2. The Morgan fingerprint density at radius 2 is 1.83 bits per heavy atom. The van der Waals surface area contributed by atoms with Crippen molar-refractivity contribution in [1.29, 1.82) is 0 Å². The molecule has 1 aliphatic carbocycles. The van der Waals surface area contributed by atoms with E-state index in [0.717, 1.165) is 11.1 Å². The fourth-order valence-electron chi connectivity index (χ4n) is 2.47. The monoisotopic (exact) mass is 324 g/mol. The van der Waals surface area contributed by atoms with Gasteiger partial charge in [0, 0.05) is 5.56 Å². The van der Waals surface area contributed by atoms with Crippen molar-refractivity contribution in [2.75, 3.05) is 6.61 Å². The molecule has 0 heterocycles.